The Balaban J connectivity index is 1.67. The fraction of sp³-hybridized carbons (Fsp3) is 0.419. The third kappa shape index (κ3) is 4.80. The highest BCUT2D eigenvalue weighted by atomic mass is 16.3. The minimum Gasteiger partial charge on any atom is -0.508 e. The van der Waals surface area contributed by atoms with Crippen molar-refractivity contribution in [2.24, 2.45) is 11.8 Å². The first-order chi connectivity index (χ1) is 16.2. The molecule has 0 heterocycles. The molecule has 1 aliphatic carbocycles. The van der Waals surface area contributed by atoms with Crippen molar-refractivity contribution in [3.63, 3.8) is 0 Å². The van der Waals surface area contributed by atoms with E-state index in [0.29, 0.717) is 17.6 Å². The fourth-order valence-corrected chi connectivity index (χ4v) is 6.07. The van der Waals surface area contributed by atoms with Gasteiger partial charge in [0.1, 0.15) is 17.2 Å². The van der Waals surface area contributed by atoms with Gasteiger partial charge in [0.25, 0.3) is 0 Å². The van der Waals surface area contributed by atoms with Crippen molar-refractivity contribution in [2.75, 3.05) is 0 Å². The zero-order valence-corrected chi connectivity index (χ0v) is 20.7. The predicted molar refractivity (Wildman–Crippen MR) is 138 cm³/mol. The molecule has 180 valence electrons. The van der Waals surface area contributed by atoms with Crippen LogP contribution in [0.25, 0.3) is 0 Å². The van der Waals surface area contributed by atoms with E-state index in [2.05, 4.69) is 57.2 Å². The van der Waals surface area contributed by atoms with E-state index < -0.39 is 0 Å². The number of hydrogen-bond acceptors (Lipinski definition) is 3. The molecule has 0 aliphatic heterocycles. The number of phenolic OH excluding ortho intramolecular Hbond substituents is 3. The number of aromatic hydroxyl groups is 3. The minimum absolute atomic E-state index is 0.0496. The van der Waals surface area contributed by atoms with Crippen molar-refractivity contribution in [3.8, 4) is 17.2 Å². The molecule has 0 amide bonds. The van der Waals surface area contributed by atoms with Crippen LogP contribution in [0.4, 0.5) is 0 Å². The van der Waals surface area contributed by atoms with E-state index in [4.69, 9.17) is 0 Å². The normalized spacial score (nSPS) is 18.0. The van der Waals surface area contributed by atoms with Crippen LogP contribution in [0.5, 0.6) is 17.2 Å². The lowest BCUT2D eigenvalue weighted by Gasteiger charge is -2.48. The maximum absolute atomic E-state index is 9.89. The van der Waals surface area contributed by atoms with Crippen LogP contribution in [0.1, 0.15) is 76.0 Å². The predicted octanol–water partition coefficient (Wildman–Crippen LogP) is 7.67. The first kappa shape index (κ1) is 24.2. The summed E-state index contributed by atoms with van der Waals surface area (Å²) in [6.07, 6.45) is 6.53. The van der Waals surface area contributed by atoms with Crippen LogP contribution in [-0.4, -0.2) is 15.3 Å². The summed E-state index contributed by atoms with van der Waals surface area (Å²) in [5, 5.41) is 29.7. The average Bonchev–Trinajstić information content (AvgIpc) is 2.84. The molecular formula is C31H38O3. The van der Waals surface area contributed by atoms with E-state index in [9.17, 15) is 15.3 Å². The van der Waals surface area contributed by atoms with Crippen LogP contribution in [0.2, 0.25) is 0 Å². The Bertz CT molecular complexity index is 1010. The summed E-state index contributed by atoms with van der Waals surface area (Å²) in [7, 11) is 0. The molecular weight excluding hydrogens is 420 g/mol. The Labute approximate surface area is 204 Å². The molecule has 0 saturated heterocycles. The molecule has 1 atom stereocenters. The van der Waals surface area contributed by atoms with Gasteiger partial charge in [-0.05, 0) is 102 Å². The summed E-state index contributed by atoms with van der Waals surface area (Å²) < 4.78 is 0. The Morgan fingerprint density at radius 3 is 1.56 bits per heavy atom. The molecule has 0 bridgehead atoms. The van der Waals surface area contributed by atoms with Crippen molar-refractivity contribution in [1.82, 2.24) is 0 Å². The second kappa shape index (κ2) is 9.74. The fourth-order valence-electron chi connectivity index (χ4n) is 6.07. The average molecular weight is 459 g/mol. The zero-order valence-electron chi connectivity index (χ0n) is 20.7. The van der Waals surface area contributed by atoms with Crippen molar-refractivity contribution in [1.29, 1.82) is 0 Å². The van der Waals surface area contributed by atoms with Gasteiger partial charge in [-0.2, -0.15) is 0 Å². The van der Waals surface area contributed by atoms with Crippen LogP contribution in [0.3, 0.4) is 0 Å². The van der Waals surface area contributed by atoms with Crippen LogP contribution in [0, 0.1) is 11.8 Å². The van der Waals surface area contributed by atoms with Gasteiger partial charge < -0.3 is 15.3 Å². The molecule has 3 aromatic carbocycles. The van der Waals surface area contributed by atoms with E-state index >= 15 is 0 Å². The third-order valence-corrected chi connectivity index (χ3v) is 8.35. The Morgan fingerprint density at radius 1 is 0.735 bits per heavy atom. The van der Waals surface area contributed by atoms with Gasteiger partial charge in [0, 0.05) is 5.41 Å². The SMILES string of the molecule is CC(C)CCC(C)(c1ccc(O)cc1)C1CCC(c2ccc(O)cc2)(c2ccc(O)cc2)CC1. The van der Waals surface area contributed by atoms with Crippen molar-refractivity contribution in [2.45, 2.75) is 70.1 Å². The lowest BCUT2D eigenvalue weighted by molar-refractivity contribution is 0.162. The highest BCUT2D eigenvalue weighted by Gasteiger charge is 2.44. The van der Waals surface area contributed by atoms with Gasteiger partial charge in [-0.1, -0.05) is 63.6 Å². The van der Waals surface area contributed by atoms with Crippen LogP contribution >= 0.6 is 0 Å². The molecule has 0 radical (unpaired) electrons. The maximum Gasteiger partial charge on any atom is 0.115 e. The highest BCUT2D eigenvalue weighted by molar-refractivity contribution is 5.44. The topological polar surface area (TPSA) is 60.7 Å². The number of benzene rings is 3. The summed E-state index contributed by atoms with van der Waals surface area (Å²) in [5.74, 6) is 2.07. The molecule has 3 heteroatoms. The smallest absolute Gasteiger partial charge is 0.115 e. The van der Waals surface area contributed by atoms with Gasteiger partial charge in [0.2, 0.25) is 0 Å². The Kier molecular flexibility index (Phi) is 6.93. The summed E-state index contributed by atoms with van der Waals surface area (Å²) in [6, 6.07) is 23.2. The molecule has 1 unspecified atom stereocenters. The third-order valence-electron chi connectivity index (χ3n) is 8.35. The van der Waals surface area contributed by atoms with Crippen LogP contribution in [-0.2, 0) is 10.8 Å². The maximum atomic E-state index is 9.89. The molecule has 1 saturated carbocycles. The summed E-state index contributed by atoms with van der Waals surface area (Å²) in [5.41, 5.74) is 3.68. The summed E-state index contributed by atoms with van der Waals surface area (Å²) in [6.45, 7) is 7.00. The molecule has 1 aliphatic rings. The summed E-state index contributed by atoms with van der Waals surface area (Å²) in [4.78, 5) is 0. The molecule has 0 aromatic heterocycles. The van der Waals surface area contributed by atoms with Gasteiger partial charge in [-0.15, -0.1) is 0 Å². The molecule has 0 spiro atoms. The lowest BCUT2D eigenvalue weighted by atomic mass is 9.56. The van der Waals surface area contributed by atoms with Crippen molar-refractivity contribution in [3.05, 3.63) is 89.5 Å². The van der Waals surface area contributed by atoms with E-state index in [0.717, 1.165) is 32.1 Å². The van der Waals surface area contributed by atoms with E-state index in [-0.39, 0.29) is 22.3 Å². The largest absolute Gasteiger partial charge is 0.508 e. The van der Waals surface area contributed by atoms with Crippen LogP contribution in [0.15, 0.2) is 72.8 Å². The molecule has 3 aromatic rings. The molecule has 1 fully saturated rings. The van der Waals surface area contributed by atoms with E-state index in [1.807, 2.05) is 12.1 Å². The van der Waals surface area contributed by atoms with Gasteiger partial charge in [-0.25, -0.2) is 0 Å². The highest BCUT2D eigenvalue weighted by Crippen LogP contribution is 2.52. The lowest BCUT2D eigenvalue weighted by Crippen LogP contribution is -2.40. The molecule has 3 nitrogen and oxygen atoms in total. The Hall–Kier alpha value is -2.94. The van der Waals surface area contributed by atoms with Gasteiger partial charge >= 0.3 is 0 Å². The molecule has 3 N–H and O–H groups in total. The van der Waals surface area contributed by atoms with Gasteiger partial charge in [0.15, 0.2) is 0 Å². The number of phenols is 3. The monoisotopic (exact) mass is 458 g/mol. The second-order valence-electron chi connectivity index (χ2n) is 10.8. The first-order valence-corrected chi connectivity index (χ1v) is 12.6. The minimum atomic E-state index is -0.133. The van der Waals surface area contributed by atoms with Crippen molar-refractivity contribution < 1.29 is 15.3 Å². The van der Waals surface area contributed by atoms with Crippen LogP contribution < -0.4 is 0 Å². The number of hydrogen-bond donors (Lipinski definition) is 3. The molecule has 4 rings (SSSR count). The summed E-state index contributed by atoms with van der Waals surface area (Å²) >= 11 is 0. The van der Waals surface area contributed by atoms with Gasteiger partial charge in [-0.3, -0.25) is 0 Å². The first-order valence-electron chi connectivity index (χ1n) is 12.6. The van der Waals surface area contributed by atoms with Gasteiger partial charge in [0.05, 0.1) is 0 Å². The quantitative estimate of drug-likeness (QED) is 0.340. The van der Waals surface area contributed by atoms with Crippen molar-refractivity contribution >= 4 is 0 Å². The Morgan fingerprint density at radius 2 is 1.15 bits per heavy atom. The molecule has 34 heavy (non-hydrogen) atoms. The van der Waals surface area contributed by atoms with E-state index in [1.165, 1.54) is 23.1 Å². The standard InChI is InChI=1S/C31H38O3/c1-22(2)16-19-30(3,23-4-10-27(32)11-5-23)24-17-20-31(21-18-24,25-6-12-28(33)13-7-25)26-8-14-29(34)15-9-26/h4-15,22,24,32-34H,16-21H2,1-3H3. The number of rotatable bonds is 7. The van der Waals surface area contributed by atoms with E-state index in [1.54, 1.807) is 24.3 Å². The second-order valence-corrected chi connectivity index (χ2v) is 10.8. The zero-order chi connectivity index (χ0) is 24.3.